The van der Waals surface area contributed by atoms with Crippen LogP contribution >= 0.6 is 0 Å². The van der Waals surface area contributed by atoms with Crippen LogP contribution < -0.4 is 11.1 Å². The number of nitrogens with zero attached hydrogens (tertiary/aromatic N) is 2. The van der Waals surface area contributed by atoms with Gasteiger partial charge in [-0.2, -0.15) is 0 Å². The molecule has 1 aliphatic heterocycles. The number of anilines is 1. The highest BCUT2D eigenvalue weighted by Gasteiger charge is 2.27. The van der Waals surface area contributed by atoms with Crippen LogP contribution in [0.1, 0.15) is 35.8 Å². The van der Waals surface area contributed by atoms with Gasteiger partial charge in [0.15, 0.2) is 0 Å². The summed E-state index contributed by atoms with van der Waals surface area (Å²) in [4.78, 5) is 16.1. The van der Waals surface area contributed by atoms with E-state index >= 15 is 0 Å². The van der Waals surface area contributed by atoms with Crippen LogP contribution in [0.4, 0.5) is 5.69 Å². The zero-order valence-corrected chi connectivity index (χ0v) is 11.1. The Kier molecular flexibility index (Phi) is 2.44. The minimum atomic E-state index is -0.546. The molecule has 1 atom stereocenters. The van der Waals surface area contributed by atoms with Crippen molar-refractivity contribution < 1.29 is 4.79 Å². The van der Waals surface area contributed by atoms with Crippen molar-refractivity contribution in [1.82, 2.24) is 9.55 Å². The number of aromatic nitrogens is 2. The number of fused-ring (bicyclic) bond motifs is 2. The highest BCUT2D eigenvalue weighted by atomic mass is 16.2. The van der Waals surface area contributed by atoms with E-state index in [0.29, 0.717) is 0 Å². The third kappa shape index (κ3) is 1.59. The second kappa shape index (κ2) is 4.18. The molecule has 102 valence electrons. The van der Waals surface area contributed by atoms with Crippen molar-refractivity contribution in [3.05, 3.63) is 41.5 Å². The van der Waals surface area contributed by atoms with E-state index in [9.17, 15) is 4.79 Å². The van der Waals surface area contributed by atoms with Crippen molar-refractivity contribution in [2.24, 2.45) is 5.73 Å². The molecule has 0 saturated heterocycles. The lowest BCUT2D eigenvalue weighted by Gasteiger charge is -2.14. The lowest BCUT2D eigenvalue weighted by molar-refractivity contribution is -0.116. The van der Waals surface area contributed by atoms with Crippen LogP contribution in [-0.4, -0.2) is 15.5 Å². The summed E-state index contributed by atoms with van der Waals surface area (Å²) in [7, 11) is 0. The average Bonchev–Trinajstić information content (AvgIpc) is 3.01. The first-order chi connectivity index (χ1) is 9.74. The number of nitrogens with two attached hydrogens (primary N) is 1. The van der Waals surface area contributed by atoms with Crippen molar-refractivity contribution in [2.45, 2.75) is 31.7 Å². The van der Waals surface area contributed by atoms with Crippen molar-refractivity contribution in [2.75, 3.05) is 5.32 Å². The monoisotopic (exact) mass is 268 g/mol. The van der Waals surface area contributed by atoms with Gasteiger partial charge in [-0.3, -0.25) is 4.79 Å². The summed E-state index contributed by atoms with van der Waals surface area (Å²) >= 11 is 0. The van der Waals surface area contributed by atoms with E-state index in [1.807, 2.05) is 24.5 Å². The zero-order valence-electron chi connectivity index (χ0n) is 11.1. The first-order valence-electron chi connectivity index (χ1n) is 7.00. The molecule has 2 aromatic rings. The van der Waals surface area contributed by atoms with Crippen LogP contribution in [0.5, 0.6) is 0 Å². The van der Waals surface area contributed by atoms with Crippen molar-refractivity contribution in [1.29, 1.82) is 0 Å². The van der Waals surface area contributed by atoms with Crippen LogP contribution in [0, 0.1) is 0 Å². The molecule has 3 N–H and O–H groups in total. The Morgan fingerprint density at radius 2 is 2.15 bits per heavy atom. The summed E-state index contributed by atoms with van der Waals surface area (Å²) in [6.07, 6.45) is 6.45. The van der Waals surface area contributed by atoms with Gasteiger partial charge in [0.25, 0.3) is 0 Å². The Morgan fingerprint density at radius 3 is 3.05 bits per heavy atom. The Morgan fingerprint density at radius 1 is 1.30 bits per heavy atom. The van der Waals surface area contributed by atoms with Crippen LogP contribution in [0.25, 0.3) is 5.69 Å². The number of rotatable bonds is 1. The summed E-state index contributed by atoms with van der Waals surface area (Å²) in [6, 6.07) is 5.38. The molecular weight excluding hydrogens is 252 g/mol. The van der Waals surface area contributed by atoms with E-state index in [1.54, 1.807) is 0 Å². The van der Waals surface area contributed by atoms with Gasteiger partial charge in [-0.1, -0.05) is 6.07 Å². The second-order valence-corrected chi connectivity index (χ2v) is 5.45. The highest BCUT2D eigenvalue weighted by molar-refractivity contribution is 6.02. The van der Waals surface area contributed by atoms with Gasteiger partial charge in [-0.15, -0.1) is 0 Å². The smallest absolute Gasteiger partial charge is 0.245 e. The van der Waals surface area contributed by atoms with Crippen LogP contribution in [-0.2, 0) is 17.6 Å². The third-order valence-electron chi connectivity index (χ3n) is 4.22. The fourth-order valence-corrected chi connectivity index (χ4v) is 3.12. The molecule has 1 unspecified atom stereocenters. The first-order valence-corrected chi connectivity index (χ1v) is 7.00. The maximum atomic E-state index is 11.6. The molecule has 0 radical (unpaired) electrons. The third-order valence-corrected chi connectivity index (χ3v) is 4.22. The molecule has 4 rings (SSSR count). The van der Waals surface area contributed by atoms with E-state index < -0.39 is 6.04 Å². The van der Waals surface area contributed by atoms with Gasteiger partial charge in [0.2, 0.25) is 5.91 Å². The van der Waals surface area contributed by atoms with Gasteiger partial charge in [-0.25, -0.2) is 4.98 Å². The van der Waals surface area contributed by atoms with Gasteiger partial charge >= 0.3 is 0 Å². The molecule has 0 saturated carbocycles. The topological polar surface area (TPSA) is 72.9 Å². The first kappa shape index (κ1) is 11.7. The number of benzene rings is 1. The standard InChI is InChI=1S/C15H16N4O/c16-14-10-6-5-9(7-12(10)18-15(14)20)19-8-17-11-3-1-2-4-13(11)19/h5-8,14H,1-4,16H2,(H,18,20). The van der Waals surface area contributed by atoms with Crippen LogP contribution in [0.2, 0.25) is 0 Å². The molecule has 0 fully saturated rings. The van der Waals surface area contributed by atoms with Gasteiger partial charge in [-0.05, 0) is 37.8 Å². The molecule has 1 aromatic carbocycles. The van der Waals surface area contributed by atoms with E-state index in [4.69, 9.17) is 5.73 Å². The molecular formula is C15H16N4O. The number of carbonyl (C=O) groups is 1. The van der Waals surface area contributed by atoms with E-state index in [2.05, 4.69) is 14.9 Å². The number of aryl methyl sites for hydroxylation is 1. The fraction of sp³-hybridized carbons (Fsp3) is 0.333. The molecule has 1 aliphatic carbocycles. The largest absolute Gasteiger partial charge is 0.324 e. The summed E-state index contributed by atoms with van der Waals surface area (Å²) in [5, 5.41) is 2.83. The summed E-state index contributed by atoms with van der Waals surface area (Å²) in [5.74, 6) is -0.134. The molecule has 1 amide bonds. The van der Waals surface area contributed by atoms with E-state index in [1.165, 1.54) is 24.2 Å². The molecule has 2 aliphatic rings. The quantitative estimate of drug-likeness (QED) is 0.826. The number of imidazole rings is 1. The van der Waals surface area contributed by atoms with Gasteiger partial charge in [0.05, 0.1) is 12.0 Å². The van der Waals surface area contributed by atoms with Gasteiger partial charge in [0.1, 0.15) is 6.04 Å². The molecule has 0 spiro atoms. The van der Waals surface area contributed by atoms with Crippen molar-refractivity contribution in [3.8, 4) is 5.69 Å². The van der Waals surface area contributed by atoms with Gasteiger partial charge in [0, 0.05) is 22.6 Å². The van der Waals surface area contributed by atoms with Gasteiger partial charge < -0.3 is 15.6 Å². The lowest BCUT2D eigenvalue weighted by Crippen LogP contribution is -2.19. The number of hydrogen-bond acceptors (Lipinski definition) is 3. The number of nitrogens with one attached hydrogen (secondary N) is 1. The minimum absolute atomic E-state index is 0.134. The van der Waals surface area contributed by atoms with Crippen LogP contribution in [0.15, 0.2) is 24.5 Å². The number of hydrogen-bond donors (Lipinski definition) is 2. The molecule has 0 bridgehead atoms. The Balaban J connectivity index is 1.79. The van der Waals surface area contributed by atoms with Crippen molar-refractivity contribution in [3.63, 3.8) is 0 Å². The average molecular weight is 268 g/mol. The molecule has 5 nitrogen and oxygen atoms in total. The van der Waals surface area contributed by atoms with Crippen LogP contribution in [0.3, 0.4) is 0 Å². The Bertz CT molecular complexity index is 704. The normalized spacial score (nSPS) is 20.4. The molecule has 2 heterocycles. The van der Waals surface area contributed by atoms with E-state index in [-0.39, 0.29) is 5.91 Å². The molecule has 20 heavy (non-hydrogen) atoms. The maximum absolute atomic E-state index is 11.6. The van der Waals surface area contributed by atoms with Crippen molar-refractivity contribution >= 4 is 11.6 Å². The number of carbonyl (C=O) groups excluding carboxylic acids is 1. The molecule has 5 heteroatoms. The summed E-state index contributed by atoms with van der Waals surface area (Å²) in [5.41, 5.74) is 11.1. The summed E-state index contributed by atoms with van der Waals surface area (Å²) < 4.78 is 2.13. The highest BCUT2D eigenvalue weighted by Crippen LogP contribution is 2.32. The second-order valence-electron chi connectivity index (χ2n) is 5.45. The SMILES string of the molecule is NC1C(=O)Nc2cc(-n3cnc4c3CCCC4)ccc21. The lowest BCUT2D eigenvalue weighted by atomic mass is 10.0. The van der Waals surface area contributed by atoms with E-state index in [0.717, 1.165) is 29.8 Å². The number of amides is 1. The Hall–Kier alpha value is -2.14. The zero-order chi connectivity index (χ0) is 13.7. The predicted octanol–water partition coefficient (Wildman–Crippen LogP) is 1.70. The predicted molar refractivity (Wildman–Crippen MR) is 75.8 cm³/mol. The maximum Gasteiger partial charge on any atom is 0.245 e. The Labute approximate surface area is 116 Å². The summed E-state index contributed by atoms with van der Waals surface area (Å²) in [6.45, 7) is 0. The molecule has 1 aromatic heterocycles. The minimum Gasteiger partial charge on any atom is -0.324 e. The fourth-order valence-electron chi connectivity index (χ4n) is 3.12.